The molecule has 0 aliphatic carbocycles. The molecule has 0 fully saturated rings. The van der Waals surface area contributed by atoms with Crippen molar-refractivity contribution in [2.45, 2.75) is 38.6 Å². The van der Waals surface area contributed by atoms with Gasteiger partial charge in [-0.15, -0.1) is 0 Å². The van der Waals surface area contributed by atoms with E-state index in [1.165, 1.54) is 16.8 Å². The molecule has 1 N–H and O–H groups in total. The molecule has 0 aliphatic heterocycles. The zero-order chi connectivity index (χ0) is 27.3. The second-order valence-corrected chi connectivity index (χ2v) is 10.6. The predicted octanol–water partition coefficient (Wildman–Crippen LogP) is 4.69. The van der Waals surface area contributed by atoms with Crippen molar-refractivity contribution < 1.29 is 24.2 Å². The number of rotatable bonds is 9. The zero-order valence-electron chi connectivity index (χ0n) is 21.5. The lowest BCUT2D eigenvalue weighted by atomic mass is 10.0. The SMILES string of the molecule is CCOC(=O)Cc1ccc(-c2cc(C(=O)NS(=O)(=O)c3ccccc3)n(Cc3c(C)cccc3C)n2)cc1.[HH]. The van der Waals surface area contributed by atoms with Gasteiger partial charge in [0, 0.05) is 6.99 Å². The molecule has 0 radical (unpaired) electrons. The van der Waals surface area contributed by atoms with Gasteiger partial charge in [0.25, 0.3) is 15.9 Å². The van der Waals surface area contributed by atoms with Gasteiger partial charge >= 0.3 is 5.97 Å². The van der Waals surface area contributed by atoms with Crippen molar-refractivity contribution >= 4 is 21.9 Å². The molecule has 0 atom stereocenters. The topological polar surface area (TPSA) is 107 Å². The van der Waals surface area contributed by atoms with Crippen LogP contribution in [0.2, 0.25) is 0 Å². The van der Waals surface area contributed by atoms with Crippen molar-refractivity contribution in [2.24, 2.45) is 0 Å². The largest absolute Gasteiger partial charge is 0.466 e. The summed E-state index contributed by atoms with van der Waals surface area (Å²) in [5.41, 5.74) is 5.18. The Morgan fingerprint density at radius 3 is 2.24 bits per heavy atom. The van der Waals surface area contributed by atoms with Gasteiger partial charge < -0.3 is 4.74 Å². The molecule has 9 heteroatoms. The summed E-state index contributed by atoms with van der Waals surface area (Å²) in [7, 11) is -4.08. The second kappa shape index (κ2) is 11.4. The molecule has 38 heavy (non-hydrogen) atoms. The number of hydrogen-bond donors (Lipinski definition) is 1. The summed E-state index contributed by atoms with van der Waals surface area (Å²) < 4.78 is 34.4. The van der Waals surface area contributed by atoms with Crippen LogP contribution < -0.4 is 4.72 Å². The predicted molar refractivity (Wildman–Crippen MR) is 146 cm³/mol. The van der Waals surface area contributed by atoms with E-state index in [0.29, 0.717) is 12.3 Å². The quantitative estimate of drug-likeness (QED) is 0.313. The number of carbonyl (C=O) groups is 2. The van der Waals surface area contributed by atoms with Crippen molar-refractivity contribution in [3.63, 3.8) is 0 Å². The maximum Gasteiger partial charge on any atom is 0.310 e. The molecule has 0 saturated heterocycles. The van der Waals surface area contributed by atoms with Gasteiger partial charge in [0.1, 0.15) is 5.69 Å². The second-order valence-electron chi connectivity index (χ2n) is 8.87. The van der Waals surface area contributed by atoms with E-state index in [1.807, 2.05) is 44.2 Å². The maximum absolute atomic E-state index is 13.3. The van der Waals surface area contributed by atoms with E-state index < -0.39 is 15.9 Å². The highest BCUT2D eigenvalue weighted by molar-refractivity contribution is 7.90. The van der Waals surface area contributed by atoms with Crippen LogP contribution in [0.1, 0.15) is 41.1 Å². The summed E-state index contributed by atoms with van der Waals surface area (Å²) in [5, 5.41) is 4.67. The lowest BCUT2D eigenvalue weighted by Gasteiger charge is -2.13. The Morgan fingerprint density at radius 2 is 1.61 bits per heavy atom. The van der Waals surface area contributed by atoms with E-state index >= 15 is 0 Å². The third kappa shape index (κ3) is 6.18. The summed E-state index contributed by atoms with van der Waals surface area (Å²) in [5.74, 6) is -1.09. The first kappa shape index (κ1) is 26.8. The van der Waals surface area contributed by atoms with Crippen LogP contribution >= 0.6 is 0 Å². The van der Waals surface area contributed by atoms with Gasteiger partial charge in [-0.25, -0.2) is 13.1 Å². The number of benzene rings is 3. The van der Waals surface area contributed by atoms with E-state index in [4.69, 9.17) is 4.74 Å². The highest BCUT2D eigenvalue weighted by Crippen LogP contribution is 2.23. The van der Waals surface area contributed by atoms with Crippen LogP contribution in [0.4, 0.5) is 0 Å². The van der Waals surface area contributed by atoms with E-state index in [0.717, 1.165) is 27.8 Å². The van der Waals surface area contributed by atoms with Gasteiger partial charge in [-0.05, 0) is 61.2 Å². The Balaban J connectivity index is 0.00000420. The molecule has 4 rings (SSSR count). The van der Waals surface area contributed by atoms with Gasteiger partial charge in [0.2, 0.25) is 0 Å². The minimum atomic E-state index is -4.08. The number of hydrogen-bond acceptors (Lipinski definition) is 6. The highest BCUT2D eigenvalue weighted by atomic mass is 32.2. The molecular weight excluding hydrogens is 502 g/mol. The number of esters is 1. The molecule has 0 bridgehead atoms. The monoisotopic (exact) mass is 533 g/mol. The lowest BCUT2D eigenvalue weighted by Crippen LogP contribution is -2.32. The summed E-state index contributed by atoms with van der Waals surface area (Å²) in [4.78, 5) is 25.1. The van der Waals surface area contributed by atoms with Crippen LogP contribution in [-0.2, 0) is 32.5 Å². The van der Waals surface area contributed by atoms with Gasteiger partial charge in [-0.2, -0.15) is 5.10 Å². The maximum atomic E-state index is 13.3. The average molecular weight is 534 g/mol. The van der Waals surface area contributed by atoms with Crippen LogP contribution in [0.3, 0.4) is 0 Å². The first-order valence-corrected chi connectivity index (χ1v) is 13.7. The molecule has 1 amide bonds. The van der Waals surface area contributed by atoms with Gasteiger partial charge in [-0.3, -0.25) is 14.3 Å². The standard InChI is InChI=1S/C29H29N3O5S.H2/c1-4-37-28(33)17-22-13-15-23(16-14-22)26-18-27(29(34)31-38(35,36)24-11-6-5-7-12-24)32(30-26)19-25-20(2)9-8-10-21(25)3;/h5-16,18H,4,17,19H2,1-3H3,(H,31,34);1H. The molecule has 0 aliphatic rings. The summed E-state index contributed by atoms with van der Waals surface area (Å²) in [6, 6.07) is 22.4. The number of carbonyl (C=O) groups excluding carboxylic acids is 2. The van der Waals surface area contributed by atoms with Gasteiger partial charge in [-0.1, -0.05) is 60.7 Å². The van der Waals surface area contributed by atoms with E-state index in [1.54, 1.807) is 43.3 Å². The number of nitrogens with one attached hydrogen (secondary N) is 1. The smallest absolute Gasteiger partial charge is 0.310 e. The Morgan fingerprint density at radius 1 is 0.947 bits per heavy atom. The van der Waals surface area contributed by atoms with Gasteiger partial charge in [0.05, 0.1) is 30.2 Å². The summed E-state index contributed by atoms with van der Waals surface area (Å²) in [6.07, 6.45) is 0.153. The van der Waals surface area contributed by atoms with Crippen LogP contribution in [0.15, 0.2) is 83.8 Å². The number of amides is 1. The third-order valence-corrected chi connectivity index (χ3v) is 7.50. The van der Waals surface area contributed by atoms with Crippen LogP contribution in [0, 0.1) is 13.8 Å². The van der Waals surface area contributed by atoms with Crippen LogP contribution in [-0.4, -0.2) is 36.7 Å². The Kier molecular flexibility index (Phi) is 8.07. The molecule has 0 unspecified atom stereocenters. The van der Waals surface area contributed by atoms with E-state index in [-0.39, 0.29) is 31.0 Å². The Hall–Kier alpha value is -4.24. The van der Waals surface area contributed by atoms with Crippen LogP contribution in [0.25, 0.3) is 11.3 Å². The molecular formula is C29H31N3O5S. The number of aromatic nitrogens is 2. The molecule has 1 heterocycles. The number of nitrogens with zero attached hydrogens (tertiary/aromatic N) is 2. The van der Waals surface area contributed by atoms with Crippen molar-refractivity contribution in [1.29, 1.82) is 0 Å². The number of sulfonamides is 1. The fourth-order valence-electron chi connectivity index (χ4n) is 4.11. The molecule has 1 aromatic heterocycles. The van der Waals surface area contributed by atoms with Gasteiger partial charge in [0.15, 0.2) is 0 Å². The molecule has 4 aromatic rings. The fourth-order valence-corrected chi connectivity index (χ4v) is 5.10. The van der Waals surface area contributed by atoms with E-state index in [2.05, 4.69) is 9.82 Å². The number of aryl methyl sites for hydroxylation is 2. The summed E-state index contributed by atoms with van der Waals surface area (Å²) >= 11 is 0. The third-order valence-electron chi connectivity index (χ3n) is 6.15. The highest BCUT2D eigenvalue weighted by Gasteiger charge is 2.23. The van der Waals surface area contributed by atoms with E-state index in [9.17, 15) is 18.0 Å². The fraction of sp³-hybridized carbons (Fsp3) is 0.207. The molecule has 3 aromatic carbocycles. The average Bonchev–Trinajstić information content (AvgIpc) is 3.31. The van der Waals surface area contributed by atoms with Crippen LogP contribution in [0.5, 0.6) is 0 Å². The Labute approximate surface area is 223 Å². The summed E-state index contributed by atoms with van der Waals surface area (Å²) in [6.45, 7) is 6.32. The molecule has 8 nitrogen and oxygen atoms in total. The minimum absolute atomic E-state index is 0. The molecule has 0 spiro atoms. The zero-order valence-corrected chi connectivity index (χ0v) is 22.3. The lowest BCUT2D eigenvalue weighted by molar-refractivity contribution is -0.142. The van der Waals surface area contributed by atoms with Crippen molar-refractivity contribution in [3.05, 3.63) is 107 Å². The normalized spacial score (nSPS) is 11.2. The first-order chi connectivity index (χ1) is 18.2. The molecule has 0 saturated carbocycles. The molecule has 198 valence electrons. The Bertz CT molecular complexity index is 1550. The van der Waals surface area contributed by atoms with Crippen molar-refractivity contribution in [3.8, 4) is 11.3 Å². The van der Waals surface area contributed by atoms with Crippen molar-refractivity contribution in [1.82, 2.24) is 14.5 Å². The minimum Gasteiger partial charge on any atom is -0.466 e. The first-order valence-electron chi connectivity index (χ1n) is 12.2. The van der Waals surface area contributed by atoms with Crippen molar-refractivity contribution in [2.75, 3.05) is 6.61 Å². The number of ether oxygens (including phenoxy) is 1.